The Balaban J connectivity index is 2.57. The third-order valence-electron chi connectivity index (χ3n) is 3.65. The molecule has 0 bridgehead atoms. The van der Waals surface area contributed by atoms with Crippen LogP contribution in [0.3, 0.4) is 0 Å². The Hall–Kier alpha value is -0.860. The molecule has 0 heterocycles. The van der Waals surface area contributed by atoms with Crippen molar-refractivity contribution in [2.75, 3.05) is 20.3 Å². The van der Waals surface area contributed by atoms with Crippen molar-refractivity contribution in [2.24, 2.45) is 0 Å². The molecule has 102 valence electrons. The predicted molar refractivity (Wildman–Crippen MR) is 78.3 cm³/mol. The summed E-state index contributed by atoms with van der Waals surface area (Å²) in [6.45, 7) is 10.6. The number of hydrogen-bond acceptors (Lipinski definition) is 2. The van der Waals surface area contributed by atoms with Gasteiger partial charge in [0.1, 0.15) is 0 Å². The zero-order valence-electron chi connectivity index (χ0n) is 12.4. The average Bonchev–Trinajstić information content (AvgIpc) is 2.38. The van der Waals surface area contributed by atoms with Crippen molar-refractivity contribution in [3.8, 4) is 0 Å². The minimum atomic E-state index is 0.463. The van der Waals surface area contributed by atoms with Crippen molar-refractivity contribution in [3.05, 3.63) is 35.4 Å². The second kappa shape index (κ2) is 7.55. The highest BCUT2D eigenvalue weighted by atomic mass is 16.5. The zero-order chi connectivity index (χ0) is 13.5. The van der Waals surface area contributed by atoms with Gasteiger partial charge in [0.2, 0.25) is 0 Å². The van der Waals surface area contributed by atoms with E-state index in [1.54, 1.807) is 7.11 Å². The molecule has 0 amide bonds. The Labute approximate surface area is 112 Å². The van der Waals surface area contributed by atoms with Crippen molar-refractivity contribution in [1.29, 1.82) is 0 Å². The van der Waals surface area contributed by atoms with Gasteiger partial charge in [-0.2, -0.15) is 0 Å². The highest BCUT2D eigenvalue weighted by molar-refractivity contribution is 5.27. The van der Waals surface area contributed by atoms with Crippen LogP contribution >= 0.6 is 0 Å². The predicted octanol–water partition coefficient (Wildman–Crippen LogP) is 3.54. The molecule has 1 aromatic carbocycles. The lowest BCUT2D eigenvalue weighted by atomic mass is 9.92. The first kappa shape index (κ1) is 15.2. The molecule has 1 N–H and O–H groups in total. The van der Waals surface area contributed by atoms with Crippen molar-refractivity contribution in [1.82, 2.24) is 5.32 Å². The van der Waals surface area contributed by atoms with Crippen LogP contribution in [0.25, 0.3) is 0 Å². The van der Waals surface area contributed by atoms with Crippen LogP contribution in [0.15, 0.2) is 24.3 Å². The van der Waals surface area contributed by atoms with Crippen LogP contribution < -0.4 is 5.32 Å². The van der Waals surface area contributed by atoms with Gasteiger partial charge in [0.15, 0.2) is 0 Å². The van der Waals surface area contributed by atoms with Crippen LogP contribution in [0, 0.1) is 0 Å². The number of methoxy groups -OCH3 is 1. The average molecular weight is 249 g/mol. The molecule has 0 saturated carbocycles. The van der Waals surface area contributed by atoms with Gasteiger partial charge in [0.05, 0.1) is 6.61 Å². The van der Waals surface area contributed by atoms with Crippen molar-refractivity contribution in [2.45, 2.75) is 45.6 Å². The highest BCUT2D eigenvalue weighted by Gasteiger charge is 2.13. The number of hydrogen-bond donors (Lipinski definition) is 1. The smallest absolute Gasteiger partial charge is 0.0587 e. The van der Waals surface area contributed by atoms with Crippen LogP contribution in [-0.2, 0) is 4.74 Å². The zero-order valence-corrected chi connectivity index (χ0v) is 12.4. The second-order valence-corrected chi connectivity index (χ2v) is 5.35. The Morgan fingerprint density at radius 2 is 1.56 bits per heavy atom. The van der Waals surface area contributed by atoms with Gasteiger partial charge in [-0.3, -0.25) is 0 Å². The van der Waals surface area contributed by atoms with Crippen LogP contribution in [0.5, 0.6) is 0 Å². The van der Waals surface area contributed by atoms with Gasteiger partial charge in [0, 0.05) is 19.7 Å². The number of ether oxygens (including phenoxy) is 1. The Morgan fingerprint density at radius 3 is 2.06 bits per heavy atom. The lowest BCUT2D eigenvalue weighted by molar-refractivity contribution is 0.195. The first-order valence-corrected chi connectivity index (χ1v) is 6.88. The molecule has 0 spiro atoms. The molecule has 18 heavy (non-hydrogen) atoms. The standard InChI is InChI=1S/C16H27NO/c1-12(2)15-6-8-16(9-7-15)13(3)14(4)17-10-11-18-5/h6-9,12-14,17H,10-11H2,1-5H3. The summed E-state index contributed by atoms with van der Waals surface area (Å²) in [6, 6.07) is 9.48. The Bertz CT molecular complexity index is 331. The number of nitrogens with one attached hydrogen (secondary N) is 1. The normalized spacial score (nSPS) is 14.8. The Morgan fingerprint density at radius 1 is 1.00 bits per heavy atom. The van der Waals surface area contributed by atoms with Crippen molar-refractivity contribution >= 4 is 0 Å². The highest BCUT2D eigenvalue weighted by Crippen LogP contribution is 2.22. The molecule has 2 atom stereocenters. The molecule has 0 aliphatic rings. The van der Waals surface area contributed by atoms with Gasteiger partial charge in [-0.1, -0.05) is 45.0 Å². The van der Waals surface area contributed by atoms with Gasteiger partial charge < -0.3 is 10.1 Å². The molecule has 1 rings (SSSR count). The second-order valence-electron chi connectivity index (χ2n) is 5.35. The van der Waals surface area contributed by atoms with E-state index in [4.69, 9.17) is 4.74 Å². The summed E-state index contributed by atoms with van der Waals surface area (Å²) in [5.41, 5.74) is 2.81. The van der Waals surface area contributed by atoms with E-state index in [1.165, 1.54) is 11.1 Å². The summed E-state index contributed by atoms with van der Waals surface area (Å²) in [7, 11) is 1.74. The molecule has 2 nitrogen and oxygen atoms in total. The van der Waals surface area contributed by atoms with Gasteiger partial charge in [-0.25, -0.2) is 0 Å². The van der Waals surface area contributed by atoms with Crippen LogP contribution in [0.4, 0.5) is 0 Å². The van der Waals surface area contributed by atoms with Gasteiger partial charge >= 0.3 is 0 Å². The molecular weight excluding hydrogens is 222 g/mol. The van der Waals surface area contributed by atoms with E-state index in [2.05, 4.69) is 57.3 Å². The number of benzene rings is 1. The van der Waals surface area contributed by atoms with Crippen molar-refractivity contribution < 1.29 is 4.74 Å². The summed E-state index contributed by atoms with van der Waals surface area (Å²) in [6.07, 6.45) is 0. The topological polar surface area (TPSA) is 21.3 Å². The van der Waals surface area contributed by atoms with Crippen LogP contribution in [-0.4, -0.2) is 26.3 Å². The summed E-state index contributed by atoms with van der Waals surface area (Å²) in [5, 5.41) is 3.49. The van der Waals surface area contributed by atoms with E-state index in [9.17, 15) is 0 Å². The maximum Gasteiger partial charge on any atom is 0.0587 e. The fraction of sp³-hybridized carbons (Fsp3) is 0.625. The Kier molecular flexibility index (Phi) is 6.37. The van der Waals surface area contributed by atoms with Crippen LogP contribution in [0.2, 0.25) is 0 Å². The monoisotopic (exact) mass is 249 g/mol. The molecule has 0 aliphatic heterocycles. The molecule has 0 saturated heterocycles. The molecule has 0 radical (unpaired) electrons. The molecule has 0 fully saturated rings. The van der Waals surface area contributed by atoms with E-state index in [1.807, 2.05) is 0 Å². The third kappa shape index (κ3) is 4.43. The molecular formula is C16H27NO. The fourth-order valence-corrected chi connectivity index (χ4v) is 2.04. The lowest BCUT2D eigenvalue weighted by Gasteiger charge is -2.22. The molecule has 1 aromatic rings. The lowest BCUT2D eigenvalue weighted by Crippen LogP contribution is -2.33. The van der Waals surface area contributed by atoms with Crippen molar-refractivity contribution in [3.63, 3.8) is 0 Å². The van der Waals surface area contributed by atoms with Gasteiger partial charge in [-0.05, 0) is 29.9 Å². The number of rotatable bonds is 7. The van der Waals surface area contributed by atoms with E-state index < -0.39 is 0 Å². The summed E-state index contributed by atoms with van der Waals surface area (Å²) in [4.78, 5) is 0. The minimum absolute atomic E-state index is 0.463. The molecule has 2 heteroatoms. The summed E-state index contributed by atoms with van der Waals surface area (Å²) in [5.74, 6) is 1.12. The summed E-state index contributed by atoms with van der Waals surface area (Å²) >= 11 is 0. The van der Waals surface area contributed by atoms with Crippen LogP contribution in [0.1, 0.15) is 50.7 Å². The SMILES string of the molecule is COCCNC(C)C(C)c1ccc(C(C)C)cc1. The maximum atomic E-state index is 5.06. The van der Waals surface area contributed by atoms with Gasteiger partial charge in [0.25, 0.3) is 0 Å². The molecule has 2 unspecified atom stereocenters. The quantitative estimate of drug-likeness (QED) is 0.746. The van der Waals surface area contributed by atoms with E-state index in [0.717, 1.165) is 13.2 Å². The fourth-order valence-electron chi connectivity index (χ4n) is 2.04. The first-order chi connectivity index (χ1) is 8.56. The summed E-state index contributed by atoms with van der Waals surface area (Å²) < 4.78 is 5.06. The van der Waals surface area contributed by atoms with E-state index in [-0.39, 0.29) is 0 Å². The first-order valence-electron chi connectivity index (χ1n) is 6.88. The van der Waals surface area contributed by atoms with Gasteiger partial charge in [-0.15, -0.1) is 0 Å². The van der Waals surface area contributed by atoms with E-state index in [0.29, 0.717) is 17.9 Å². The van der Waals surface area contributed by atoms with E-state index >= 15 is 0 Å². The third-order valence-corrected chi connectivity index (χ3v) is 3.65. The maximum absolute atomic E-state index is 5.06. The molecule has 0 aromatic heterocycles. The molecule has 0 aliphatic carbocycles. The largest absolute Gasteiger partial charge is 0.383 e. The minimum Gasteiger partial charge on any atom is -0.383 e.